The number of nitrogens with zero attached hydrogens (tertiary/aromatic N) is 2. The monoisotopic (exact) mass is 430 g/mol. The van der Waals surface area contributed by atoms with Gasteiger partial charge in [-0.1, -0.05) is 30.7 Å². The summed E-state index contributed by atoms with van der Waals surface area (Å²) in [6, 6.07) is 5.61. The van der Waals surface area contributed by atoms with Gasteiger partial charge in [-0.2, -0.15) is 0 Å². The molecule has 1 fully saturated rings. The van der Waals surface area contributed by atoms with Crippen LogP contribution in [0.1, 0.15) is 45.6 Å². The normalized spacial score (nSPS) is 15.5. The molecule has 1 saturated heterocycles. The highest BCUT2D eigenvalue weighted by atomic mass is 19.3. The summed E-state index contributed by atoms with van der Waals surface area (Å²) in [5.74, 6) is -0.434. The Labute approximate surface area is 183 Å². The fourth-order valence-corrected chi connectivity index (χ4v) is 3.02. The number of nitrogens with one attached hydrogen (secondary N) is 2. The number of halogens is 2. The molecular formula is C24H32F2N4O. The van der Waals surface area contributed by atoms with Crippen molar-refractivity contribution in [3.05, 3.63) is 70.9 Å². The Morgan fingerprint density at radius 1 is 1.19 bits per heavy atom. The van der Waals surface area contributed by atoms with Gasteiger partial charge in [-0.05, 0) is 63.9 Å². The van der Waals surface area contributed by atoms with Crippen LogP contribution in [0.2, 0.25) is 0 Å². The summed E-state index contributed by atoms with van der Waals surface area (Å²) in [6.45, 7) is 8.19. The maximum atomic E-state index is 13.3. The van der Waals surface area contributed by atoms with E-state index in [-0.39, 0.29) is 11.3 Å². The summed E-state index contributed by atoms with van der Waals surface area (Å²) in [5, 5.41) is 16.6. The fraction of sp³-hybridized carbons (Fsp3) is 0.417. The van der Waals surface area contributed by atoms with Crippen LogP contribution < -0.4 is 10.6 Å². The fourth-order valence-electron chi connectivity index (χ4n) is 3.02. The zero-order chi connectivity index (χ0) is 22.6. The molecule has 0 bridgehead atoms. The lowest BCUT2D eigenvalue weighted by atomic mass is 10.1. The van der Waals surface area contributed by atoms with Crippen molar-refractivity contribution in [2.75, 3.05) is 13.1 Å². The van der Waals surface area contributed by atoms with Crippen LogP contribution in [0.5, 0.6) is 0 Å². The molecule has 0 radical (unpaired) electrons. The van der Waals surface area contributed by atoms with Gasteiger partial charge in [-0.3, -0.25) is 9.97 Å². The second kappa shape index (κ2) is 12.8. The molecule has 0 aliphatic carbocycles. The van der Waals surface area contributed by atoms with E-state index in [1.807, 2.05) is 25.1 Å². The largest absolute Gasteiger partial charge is 0.505 e. The van der Waals surface area contributed by atoms with E-state index in [0.29, 0.717) is 13.0 Å². The summed E-state index contributed by atoms with van der Waals surface area (Å²) >= 11 is 0. The van der Waals surface area contributed by atoms with Crippen molar-refractivity contribution in [1.82, 2.24) is 20.6 Å². The first-order valence-electron chi connectivity index (χ1n) is 10.7. The van der Waals surface area contributed by atoms with E-state index in [9.17, 15) is 13.9 Å². The van der Waals surface area contributed by atoms with E-state index in [2.05, 4.69) is 20.6 Å². The number of rotatable bonds is 7. The molecular weight excluding hydrogens is 398 g/mol. The van der Waals surface area contributed by atoms with Crippen molar-refractivity contribution in [1.29, 1.82) is 0 Å². The molecule has 2 aromatic rings. The number of aliphatic hydroxyl groups excluding tert-OH is 1. The number of allylic oxidation sites excluding steroid dienone is 4. The lowest BCUT2D eigenvalue weighted by molar-refractivity contribution is 0.186. The van der Waals surface area contributed by atoms with Crippen molar-refractivity contribution in [3.8, 4) is 0 Å². The van der Waals surface area contributed by atoms with E-state index in [1.54, 1.807) is 32.3 Å². The van der Waals surface area contributed by atoms with Crippen LogP contribution in [-0.4, -0.2) is 34.6 Å². The molecule has 0 unspecified atom stereocenters. The highest BCUT2D eigenvalue weighted by Gasteiger charge is 2.17. The minimum absolute atomic E-state index is 0.264. The molecule has 168 valence electrons. The van der Waals surface area contributed by atoms with Crippen LogP contribution in [-0.2, 0) is 6.54 Å². The molecule has 1 aliphatic heterocycles. The maximum Gasteiger partial charge on any atom is 0.267 e. The Bertz CT molecular complexity index is 926. The van der Waals surface area contributed by atoms with Crippen molar-refractivity contribution in [2.45, 2.75) is 53.0 Å². The van der Waals surface area contributed by atoms with Gasteiger partial charge in [0.1, 0.15) is 5.76 Å². The molecule has 0 spiro atoms. The number of benzene rings is 1. The number of aromatic nitrogens is 2. The van der Waals surface area contributed by atoms with Crippen LogP contribution in [0.25, 0.3) is 11.0 Å². The van der Waals surface area contributed by atoms with Crippen LogP contribution in [0, 0.1) is 0 Å². The lowest BCUT2D eigenvalue weighted by Crippen LogP contribution is -2.17. The van der Waals surface area contributed by atoms with Gasteiger partial charge in [0.25, 0.3) is 6.43 Å². The van der Waals surface area contributed by atoms with Crippen LogP contribution in [0.4, 0.5) is 8.78 Å². The van der Waals surface area contributed by atoms with Crippen molar-refractivity contribution in [3.63, 3.8) is 0 Å². The summed E-state index contributed by atoms with van der Waals surface area (Å²) < 4.78 is 26.7. The van der Waals surface area contributed by atoms with E-state index in [1.165, 1.54) is 32.0 Å². The van der Waals surface area contributed by atoms with Crippen LogP contribution in [0.15, 0.2) is 65.3 Å². The summed E-state index contributed by atoms with van der Waals surface area (Å²) in [7, 11) is 0. The third kappa shape index (κ3) is 7.75. The number of hydrogen-bond acceptors (Lipinski definition) is 5. The molecule has 31 heavy (non-hydrogen) atoms. The van der Waals surface area contributed by atoms with Gasteiger partial charge < -0.3 is 15.7 Å². The van der Waals surface area contributed by atoms with Crippen molar-refractivity contribution in [2.24, 2.45) is 0 Å². The second-order valence-corrected chi connectivity index (χ2v) is 7.34. The topological polar surface area (TPSA) is 70.1 Å². The van der Waals surface area contributed by atoms with Crippen molar-refractivity contribution < 1.29 is 13.9 Å². The molecule has 3 rings (SSSR count). The van der Waals surface area contributed by atoms with Crippen LogP contribution in [0.3, 0.4) is 0 Å². The quantitative estimate of drug-likeness (QED) is 0.404. The Hall–Kier alpha value is -2.80. The van der Waals surface area contributed by atoms with E-state index in [4.69, 9.17) is 0 Å². The van der Waals surface area contributed by atoms with Gasteiger partial charge >= 0.3 is 0 Å². The second-order valence-electron chi connectivity index (χ2n) is 7.34. The Morgan fingerprint density at radius 2 is 1.87 bits per heavy atom. The predicted molar refractivity (Wildman–Crippen MR) is 122 cm³/mol. The predicted octanol–water partition coefficient (Wildman–Crippen LogP) is 5.43. The Morgan fingerprint density at radius 3 is 2.42 bits per heavy atom. The first-order valence-corrected chi connectivity index (χ1v) is 10.7. The molecule has 3 N–H and O–H groups in total. The molecule has 1 aliphatic rings. The minimum atomic E-state index is -2.76. The summed E-state index contributed by atoms with van der Waals surface area (Å²) in [4.78, 5) is 8.46. The molecule has 7 heteroatoms. The zero-order valence-electron chi connectivity index (χ0n) is 18.5. The maximum absolute atomic E-state index is 13.3. The summed E-state index contributed by atoms with van der Waals surface area (Å²) in [5.41, 5.74) is 3.10. The number of fused-ring (bicyclic) bond motifs is 1. The average Bonchev–Trinajstić information content (AvgIpc) is 3.37. The van der Waals surface area contributed by atoms with Crippen LogP contribution >= 0.6 is 0 Å². The minimum Gasteiger partial charge on any atom is -0.505 e. The summed E-state index contributed by atoms with van der Waals surface area (Å²) in [6.07, 6.45) is 6.82. The van der Waals surface area contributed by atoms with Crippen molar-refractivity contribution >= 4 is 11.0 Å². The van der Waals surface area contributed by atoms with E-state index >= 15 is 0 Å². The third-order valence-corrected chi connectivity index (χ3v) is 4.99. The van der Waals surface area contributed by atoms with E-state index < -0.39 is 12.2 Å². The van der Waals surface area contributed by atoms with Gasteiger partial charge in [0.2, 0.25) is 0 Å². The van der Waals surface area contributed by atoms with Gasteiger partial charge in [-0.15, -0.1) is 0 Å². The molecule has 0 atom stereocenters. The standard InChI is InChI=1S/C20H23F2N3O.C4H9N/c1-4-13(3)10-15(20(21)22)19(26)16(5-2)25-12-14-6-7-17-18(11-14)24-9-8-23-17;1-2-4-5-3-1/h5-11,20,25-26H,4,12H2,1-3H3;5H,1-4H2/b13-10+,16-5+,19-15-;. The molecule has 1 aromatic carbocycles. The molecule has 2 heterocycles. The van der Waals surface area contributed by atoms with E-state index in [0.717, 1.165) is 22.2 Å². The Kier molecular flexibility index (Phi) is 10.1. The molecule has 5 nitrogen and oxygen atoms in total. The highest BCUT2D eigenvalue weighted by molar-refractivity contribution is 5.74. The average molecular weight is 431 g/mol. The zero-order valence-corrected chi connectivity index (χ0v) is 18.5. The van der Waals surface area contributed by atoms with Gasteiger partial charge in [-0.25, -0.2) is 8.78 Å². The molecule has 0 saturated carbocycles. The van der Waals surface area contributed by atoms with Gasteiger partial charge in [0, 0.05) is 18.9 Å². The van der Waals surface area contributed by atoms with Gasteiger partial charge in [0.05, 0.1) is 22.3 Å². The Balaban J connectivity index is 0.000000597. The highest BCUT2D eigenvalue weighted by Crippen LogP contribution is 2.21. The molecule has 0 amide bonds. The number of aliphatic hydroxyl groups is 1. The lowest BCUT2D eigenvalue weighted by Gasteiger charge is -2.14. The number of hydrogen-bond donors (Lipinski definition) is 3. The van der Waals surface area contributed by atoms with Gasteiger partial charge in [0.15, 0.2) is 0 Å². The SMILES string of the molecule is C1CCNC1.C\C=C(NCc1ccc2nccnc2c1)/C(O)=C(\C=C(/C)CC)C(F)F. The smallest absolute Gasteiger partial charge is 0.267 e. The number of alkyl halides is 2. The molecule has 1 aromatic heterocycles. The first-order chi connectivity index (χ1) is 15.0. The third-order valence-electron chi connectivity index (χ3n) is 4.99. The first kappa shape index (κ1) is 24.5.